The first-order valence-electron chi connectivity index (χ1n) is 16.5. The average Bonchev–Trinajstić information content (AvgIpc) is 3.61. The van der Waals surface area contributed by atoms with Crippen molar-refractivity contribution >= 4 is 51.5 Å². The van der Waals surface area contributed by atoms with Crippen LogP contribution in [0.15, 0.2) is 29.2 Å². The van der Waals surface area contributed by atoms with Gasteiger partial charge in [0.15, 0.2) is 0 Å². The molecule has 0 saturated carbocycles. The van der Waals surface area contributed by atoms with Crippen LogP contribution in [0.5, 0.6) is 0 Å². The minimum Gasteiger partial charge on any atom is -0.463 e. The zero-order chi connectivity index (χ0) is 34.9. The SMILES string of the molecule is NC(CCCCNC(=O)CCCCCNC(=O)CCCC[C@H]1SCC2NC(=O)NC21)C(=O)OCCNC(=O)c1ccc(S(N)(=O)=O)cc1. The lowest BCUT2D eigenvalue weighted by Crippen LogP contribution is -2.36. The summed E-state index contributed by atoms with van der Waals surface area (Å²) in [6.07, 6.45) is 7.73. The van der Waals surface area contributed by atoms with E-state index in [1.54, 1.807) is 0 Å². The topological polar surface area (TPSA) is 241 Å². The number of fused-ring (bicyclic) bond motifs is 1. The van der Waals surface area contributed by atoms with Crippen LogP contribution in [0.4, 0.5) is 4.79 Å². The predicted octanol–water partition coefficient (Wildman–Crippen LogP) is 0.623. The predicted molar refractivity (Wildman–Crippen MR) is 181 cm³/mol. The highest BCUT2D eigenvalue weighted by Crippen LogP contribution is 2.33. The molecule has 0 radical (unpaired) electrons. The summed E-state index contributed by atoms with van der Waals surface area (Å²) in [6.45, 7) is 1.06. The molecule has 0 aliphatic carbocycles. The maximum absolute atomic E-state index is 12.1. The summed E-state index contributed by atoms with van der Waals surface area (Å²) in [5, 5.41) is 19.8. The largest absolute Gasteiger partial charge is 0.463 e. The Balaban J connectivity index is 1.09. The Labute approximate surface area is 286 Å². The summed E-state index contributed by atoms with van der Waals surface area (Å²) >= 11 is 1.88. The zero-order valence-corrected chi connectivity index (χ0v) is 28.8. The van der Waals surface area contributed by atoms with E-state index in [-0.39, 0.29) is 53.5 Å². The number of hydrogen-bond donors (Lipinski definition) is 7. The van der Waals surface area contributed by atoms with Gasteiger partial charge in [0.1, 0.15) is 12.6 Å². The molecule has 268 valence electrons. The number of unbranched alkanes of at least 4 members (excludes halogenated alkanes) is 4. The van der Waals surface area contributed by atoms with Crippen molar-refractivity contribution in [3.05, 3.63) is 29.8 Å². The van der Waals surface area contributed by atoms with Crippen molar-refractivity contribution in [1.29, 1.82) is 0 Å². The third-order valence-electron chi connectivity index (χ3n) is 8.13. The fourth-order valence-corrected chi connectivity index (χ4v) is 7.48. The minimum atomic E-state index is -3.85. The maximum atomic E-state index is 12.1. The van der Waals surface area contributed by atoms with Gasteiger partial charge < -0.3 is 37.1 Å². The molecule has 2 heterocycles. The van der Waals surface area contributed by atoms with E-state index in [9.17, 15) is 32.4 Å². The molecule has 3 unspecified atom stereocenters. The Morgan fingerprint density at radius 2 is 1.52 bits per heavy atom. The number of nitrogens with two attached hydrogens (primary N) is 2. The van der Waals surface area contributed by atoms with Gasteiger partial charge in [0, 0.05) is 42.5 Å². The van der Waals surface area contributed by atoms with Crippen LogP contribution in [0, 0.1) is 0 Å². The second kappa shape index (κ2) is 20.2. The minimum absolute atomic E-state index is 0.0372. The van der Waals surface area contributed by atoms with Gasteiger partial charge in [-0.1, -0.05) is 12.8 Å². The van der Waals surface area contributed by atoms with Gasteiger partial charge >= 0.3 is 12.0 Å². The molecule has 48 heavy (non-hydrogen) atoms. The number of rotatable bonds is 22. The molecule has 4 atom stereocenters. The van der Waals surface area contributed by atoms with E-state index < -0.39 is 27.9 Å². The summed E-state index contributed by atoms with van der Waals surface area (Å²) in [7, 11) is -3.85. The summed E-state index contributed by atoms with van der Waals surface area (Å²) in [5.41, 5.74) is 6.12. The molecular formula is C31H49N7O8S2. The summed E-state index contributed by atoms with van der Waals surface area (Å²) < 4.78 is 27.7. The van der Waals surface area contributed by atoms with Gasteiger partial charge in [0.2, 0.25) is 21.8 Å². The normalized spacial score (nSPS) is 19.0. The number of sulfonamides is 1. The van der Waals surface area contributed by atoms with E-state index >= 15 is 0 Å². The number of benzene rings is 1. The number of ether oxygens (including phenoxy) is 1. The zero-order valence-electron chi connectivity index (χ0n) is 27.2. The van der Waals surface area contributed by atoms with E-state index in [1.165, 1.54) is 24.3 Å². The van der Waals surface area contributed by atoms with Crippen molar-refractivity contribution in [3.63, 3.8) is 0 Å². The van der Waals surface area contributed by atoms with Crippen molar-refractivity contribution in [3.8, 4) is 0 Å². The fourth-order valence-electron chi connectivity index (χ4n) is 5.42. The number of nitrogens with one attached hydrogen (secondary N) is 5. The van der Waals surface area contributed by atoms with Gasteiger partial charge in [0.25, 0.3) is 5.91 Å². The lowest BCUT2D eigenvalue weighted by atomic mass is 10.0. The Morgan fingerprint density at radius 3 is 2.19 bits per heavy atom. The van der Waals surface area contributed by atoms with Crippen LogP contribution >= 0.6 is 11.8 Å². The van der Waals surface area contributed by atoms with E-state index in [1.807, 2.05) is 11.8 Å². The standard InChI is InChI=1S/C31H49N7O8S2/c32-23(30(42)46-19-18-36-29(41)21-12-14-22(15-13-21)48(33,44)45)8-5-7-17-35-26(39)10-2-1-6-16-34-27(40)11-4-3-9-25-28-24(20-47-25)37-31(43)38-28/h12-15,23-25,28H,1-11,16-20,32H2,(H,34,40)(H,35,39)(H,36,41)(H2,33,44,45)(H2,37,38,43)/t23?,24?,25-,28?/m1/s1. The Morgan fingerprint density at radius 1 is 0.875 bits per heavy atom. The van der Waals surface area contributed by atoms with Crippen molar-refractivity contribution in [2.75, 3.05) is 32.0 Å². The van der Waals surface area contributed by atoms with Gasteiger partial charge in [-0.2, -0.15) is 11.8 Å². The van der Waals surface area contributed by atoms with Crippen LogP contribution in [0.25, 0.3) is 0 Å². The number of urea groups is 1. The first-order valence-corrected chi connectivity index (χ1v) is 19.1. The molecule has 17 heteroatoms. The third kappa shape index (κ3) is 14.0. The van der Waals surface area contributed by atoms with Gasteiger partial charge in [-0.15, -0.1) is 0 Å². The number of carbonyl (C=O) groups excluding carboxylic acids is 5. The highest BCUT2D eigenvalue weighted by Gasteiger charge is 2.42. The second-order valence-corrected chi connectivity index (χ2v) is 14.8. The smallest absolute Gasteiger partial charge is 0.322 e. The number of amides is 5. The van der Waals surface area contributed by atoms with Crippen LogP contribution in [0.1, 0.15) is 81.0 Å². The molecule has 15 nitrogen and oxygen atoms in total. The molecule has 0 aromatic heterocycles. The van der Waals surface area contributed by atoms with E-state index in [0.717, 1.165) is 44.3 Å². The number of carbonyl (C=O) groups is 5. The molecule has 2 aliphatic rings. The van der Waals surface area contributed by atoms with Crippen LogP contribution in [0.3, 0.4) is 0 Å². The number of thioether (sulfide) groups is 1. The van der Waals surface area contributed by atoms with E-state index in [2.05, 4.69) is 26.6 Å². The lowest BCUT2D eigenvalue weighted by Gasteiger charge is -2.16. The number of primary sulfonamides is 1. The lowest BCUT2D eigenvalue weighted by molar-refractivity contribution is -0.145. The second-order valence-electron chi connectivity index (χ2n) is 12.0. The van der Waals surface area contributed by atoms with Crippen LogP contribution in [0.2, 0.25) is 0 Å². The highest BCUT2D eigenvalue weighted by atomic mass is 32.2. The highest BCUT2D eigenvalue weighted by molar-refractivity contribution is 8.00. The molecular weight excluding hydrogens is 663 g/mol. The van der Waals surface area contributed by atoms with E-state index in [0.29, 0.717) is 50.4 Å². The van der Waals surface area contributed by atoms with Crippen LogP contribution in [-0.2, 0) is 29.1 Å². The van der Waals surface area contributed by atoms with Gasteiger partial charge in [0.05, 0.1) is 23.5 Å². The molecule has 2 saturated heterocycles. The van der Waals surface area contributed by atoms with Crippen molar-refractivity contribution in [2.24, 2.45) is 10.9 Å². The van der Waals surface area contributed by atoms with Gasteiger partial charge in [-0.25, -0.2) is 18.4 Å². The molecule has 0 bridgehead atoms. The van der Waals surface area contributed by atoms with E-state index in [4.69, 9.17) is 15.6 Å². The Kier molecular flexibility index (Phi) is 16.4. The number of esters is 1. The monoisotopic (exact) mass is 711 g/mol. The Hall–Kier alpha value is -3.41. The third-order valence-corrected chi connectivity index (χ3v) is 10.6. The van der Waals surface area contributed by atoms with Crippen molar-refractivity contribution in [2.45, 2.75) is 98.9 Å². The first kappa shape index (κ1) is 39.0. The summed E-state index contributed by atoms with van der Waals surface area (Å²) in [6, 6.07) is 4.65. The molecule has 1 aromatic carbocycles. The van der Waals surface area contributed by atoms with Gasteiger partial charge in [-0.3, -0.25) is 19.2 Å². The molecule has 0 spiro atoms. The van der Waals surface area contributed by atoms with Crippen LogP contribution in [-0.4, -0.2) is 93.5 Å². The molecule has 2 aliphatic heterocycles. The molecule has 9 N–H and O–H groups in total. The number of hydrogen-bond acceptors (Lipinski definition) is 10. The molecule has 3 rings (SSSR count). The molecule has 1 aromatic rings. The van der Waals surface area contributed by atoms with Crippen molar-refractivity contribution in [1.82, 2.24) is 26.6 Å². The Bertz CT molecular complexity index is 1350. The summed E-state index contributed by atoms with van der Waals surface area (Å²) in [5.74, 6) is -0.0949. The maximum Gasteiger partial charge on any atom is 0.322 e. The van der Waals surface area contributed by atoms with Crippen molar-refractivity contribution < 1.29 is 37.1 Å². The molecule has 2 fully saturated rings. The quantitative estimate of drug-likeness (QED) is 0.0503. The summed E-state index contributed by atoms with van der Waals surface area (Å²) in [4.78, 5) is 59.8. The first-order chi connectivity index (χ1) is 22.9. The van der Waals surface area contributed by atoms with Crippen LogP contribution < -0.4 is 37.5 Å². The molecule has 5 amide bonds. The van der Waals surface area contributed by atoms with Gasteiger partial charge in [-0.05, 0) is 69.2 Å². The average molecular weight is 712 g/mol. The fraction of sp³-hybridized carbons (Fsp3) is 0.645.